The van der Waals surface area contributed by atoms with E-state index in [1.165, 1.54) is 0 Å². The molecular formula is C16H22N2O4. The molecule has 3 heterocycles. The molecule has 3 rings (SSSR count). The van der Waals surface area contributed by atoms with E-state index in [-0.39, 0.29) is 23.9 Å². The van der Waals surface area contributed by atoms with Crippen LogP contribution in [0.4, 0.5) is 0 Å². The predicted octanol–water partition coefficient (Wildman–Crippen LogP) is 1.44. The number of hydrogen-bond acceptors (Lipinski definition) is 4. The standard InChI is InChI=1S/C16H22N2O4/c1-11-12(6-9-22-11)16(20)18-7-5-14-13(18)3-4-15(19)17(14)8-10-21-2/h6,9,13-14H,3-5,7-8,10H2,1-2H3/t13-,14-/m1/s1. The van der Waals surface area contributed by atoms with Gasteiger partial charge in [0.1, 0.15) is 5.76 Å². The van der Waals surface area contributed by atoms with Crippen LogP contribution in [0, 0.1) is 6.92 Å². The van der Waals surface area contributed by atoms with E-state index in [0.717, 1.165) is 12.8 Å². The van der Waals surface area contributed by atoms with Crippen molar-refractivity contribution in [2.75, 3.05) is 26.8 Å². The molecule has 0 N–H and O–H groups in total. The lowest BCUT2D eigenvalue weighted by atomic mass is 9.96. The number of hydrogen-bond donors (Lipinski definition) is 0. The molecule has 2 amide bonds. The van der Waals surface area contributed by atoms with Crippen molar-refractivity contribution >= 4 is 11.8 Å². The zero-order valence-electron chi connectivity index (χ0n) is 13.1. The lowest BCUT2D eigenvalue weighted by Crippen LogP contribution is -2.54. The summed E-state index contributed by atoms with van der Waals surface area (Å²) in [4.78, 5) is 28.7. The summed E-state index contributed by atoms with van der Waals surface area (Å²) in [5, 5.41) is 0. The van der Waals surface area contributed by atoms with Crippen LogP contribution in [0.25, 0.3) is 0 Å². The number of amides is 2. The fourth-order valence-corrected chi connectivity index (χ4v) is 3.64. The maximum atomic E-state index is 12.7. The first-order valence-electron chi connectivity index (χ1n) is 7.77. The van der Waals surface area contributed by atoms with Crippen LogP contribution < -0.4 is 0 Å². The molecule has 6 heteroatoms. The summed E-state index contributed by atoms with van der Waals surface area (Å²) in [6.07, 6.45) is 3.63. The molecule has 0 unspecified atom stereocenters. The minimum absolute atomic E-state index is 0.0137. The summed E-state index contributed by atoms with van der Waals surface area (Å²) >= 11 is 0. The van der Waals surface area contributed by atoms with Gasteiger partial charge in [-0.3, -0.25) is 9.59 Å². The summed E-state index contributed by atoms with van der Waals surface area (Å²) in [6, 6.07) is 1.95. The number of likely N-dealkylation sites (tertiary alicyclic amines) is 2. The molecule has 1 aromatic rings. The van der Waals surface area contributed by atoms with Crippen LogP contribution in [0.1, 0.15) is 35.4 Å². The zero-order valence-corrected chi connectivity index (χ0v) is 13.1. The molecule has 22 heavy (non-hydrogen) atoms. The normalized spacial score (nSPS) is 24.7. The molecule has 2 aliphatic rings. The van der Waals surface area contributed by atoms with Gasteiger partial charge in [-0.15, -0.1) is 0 Å². The van der Waals surface area contributed by atoms with Gasteiger partial charge in [-0.2, -0.15) is 0 Å². The highest BCUT2D eigenvalue weighted by atomic mass is 16.5. The van der Waals surface area contributed by atoms with Crippen LogP contribution in [0.15, 0.2) is 16.7 Å². The van der Waals surface area contributed by atoms with E-state index in [0.29, 0.717) is 37.4 Å². The van der Waals surface area contributed by atoms with Crippen LogP contribution >= 0.6 is 0 Å². The first-order valence-corrected chi connectivity index (χ1v) is 7.77. The van der Waals surface area contributed by atoms with Gasteiger partial charge in [-0.1, -0.05) is 0 Å². The number of ether oxygens (including phenoxy) is 1. The fraction of sp³-hybridized carbons (Fsp3) is 0.625. The minimum Gasteiger partial charge on any atom is -0.469 e. The maximum absolute atomic E-state index is 12.7. The highest BCUT2D eigenvalue weighted by Crippen LogP contribution is 2.32. The Kier molecular flexibility index (Phi) is 4.20. The monoisotopic (exact) mass is 306 g/mol. The summed E-state index contributed by atoms with van der Waals surface area (Å²) < 4.78 is 10.3. The molecule has 0 bridgehead atoms. The molecule has 2 atom stereocenters. The van der Waals surface area contributed by atoms with E-state index < -0.39 is 0 Å². The second kappa shape index (κ2) is 6.12. The second-order valence-electron chi connectivity index (χ2n) is 5.93. The molecule has 0 aliphatic carbocycles. The minimum atomic E-state index is 0.0137. The average Bonchev–Trinajstić information content (AvgIpc) is 3.12. The molecule has 2 fully saturated rings. The van der Waals surface area contributed by atoms with Gasteiger partial charge >= 0.3 is 0 Å². The number of rotatable bonds is 4. The van der Waals surface area contributed by atoms with Gasteiger partial charge in [0.05, 0.1) is 30.5 Å². The Hall–Kier alpha value is -1.82. The number of carbonyl (C=O) groups excluding carboxylic acids is 2. The number of fused-ring (bicyclic) bond motifs is 1. The Labute approximate surface area is 130 Å². The quantitative estimate of drug-likeness (QED) is 0.844. The van der Waals surface area contributed by atoms with Gasteiger partial charge in [-0.05, 0) is 25.8 Å². The number of nitrogens with zero attached hydrogens (tertiary/aromatic N) is 2. The second-order valence-corrected chi connectivity index (χ2v) is 5.93. The Morgan fingerprint density at radius 1 is 1.41 bits per heavy atom. The molecule has 120 valence electrons. The maximum Gasteiger partial charge on any atom is 0.257 e. The molecule has 1 aromatic heterocycles. The third-order valence-corrected chi connectivity index (χ3v) is 4.77. The van der Waals surface area contributed by atoms with Crippen molar-refractivity contribution in [2.45, 2.75) is 38.3 Å². The molecule has 2 saturated heterocycles. The van der Waals surface area contributed by atoms with Crippen LogP contribution in [-0.4, -0.2) is 60.5 Å². The summed E-state index contributed by atoms with van der Waals surface area (Å²) in [7, 11) is 1.64. The Morgan fingerprint density at radius 3 is 2.91 bits per heavy atom. The average molecular weight is 306 g/mol. The van der Waals surface area contributed by atoms with Gasteiger partial charge in [0.25, 0.3) is 5.91 Å². The van der Waals surface area contributed by atoms with E-state index in [9.17, 15) is 9.59 Å². The first-order chi connectivity index (χ1) is 10.6. The highest BCUT2D eigenvalue weighted by molar-refractivity contribution is 5.95. The van der Waals surface area contributed by atoms with Gasteiger partial charge in [0.2, 0.25) is 5.91 Å². The Morgan fingerprint density at radius 2 is 2.23 bits per heavy atom. The predicted molar refractivity (Wildman–Crippen MR) is 79.5 cm³/mol. The SMILES string of the molecule is COCCN1C(=O)CC[C@@H]2[C@H]1CCN2C(=O)c1ccoc1C. The van der Waals surface area contributed by atoms with Crippen LogP contribution in [0.5, 0.6) is 0 Å². The summed E-state index contributed by atoms with van der Waals surface area (Å²) in [6.45, 7) is 3.62. The molecule has 0 aromatic carbocycles. The van der Waals surface area contributed by atoms with Gasteiger partial charge < -0.3 is 19.0 Å². The Bertz CT molecular complexity index is 568. The van der Waals surface area contributed by atoms with Crippen molar-refractivity contribution in [3.63, 3.8) is 0 Å². The molecular weight excluding hydrogens is 284 g/mol. The van der Waals surface area contributed by atoms with Crippen LogP contribution in [-0.2, 0) is 9.53 Å². The third-order valence-electron chi connectivity index (χ3n) is 4.77. The van der Waals surface area contributed by atoms with Gasteiger partial charge in [0, 0.05) is 26.6 Å². The number of carbonyl (C=O) groups is 2. The van der Waals surface area contributed by atoms with Crippen molar-refractivity contribution in [3.8, 4) is 0 Å². The van der Waals surface area contributed by atoms with Crippen molar-refractivity contribution in [1.29, 1.82) is 0 Å². The Balaban J connectivity index is 1.76. The molecule has 2 aliphatic heterocycles. The number of aryl methyl sites for hydroxylation is 1. The van der Waals surface area contributed by atoms with Gasteiger partial charge in [-0.25, -0.2) is 0 Å². The van der Waals surface area contributed by atoms with Crippen molar-refractivity contribution < 1.29 is 18.7 Å². The largest absolute Gasteiger partial charge is 0.469 e. The summed E-state index contributed by atoms with van der Waals surface area (Å²) in [5.41, 5.74) is 0.626. The molecule has 0 spiro atoms. The van der Waals surface area contributed by atoms with E-state index >= 15 is 0 Å². The summed E-state index contributed by atoms with van der Waals surface area (Å²) in [5.74, 6) is 0.837. The smallest absolute Gasteiger partial charge is 0.257 e. The van der Waals surface area contributed by atoms with Crippen molar-refractivity contribution in [3.05, 3.63) is 23.7 Å². The lowest BCUT2D eigenvalue weighted by molar-refractivity contribution is -0.138. The molecule has 0 saturated carbocycles. The van der Waals surface area contributed by atoms with Crippen molar-refractivity contribution in [1.82, 2.24) is 9.80 Å². The van der Waals surface area contributed by atoms with E-state index in [1.807, 2.05) is 9.80 Å². The number of methoxy groups -OCH3 is 1. The zero-order chi connectivity index (χ0) is 15.7. The van der Waals surface area contributed by atoms with Gasteiger partial charge in [0.15, 0.2) is 0 Å². The van der Waals surface area contributed by atoms with Crippen molar-refractivity contribution in [2.24, 2.45) is 0 Å². The molecule has 6 nitrogen and oxygen atoms in total. The fourth-order valence-electron chi connectivity index (χ4n) is 3.64. The lowest BCUT2D eigenvalue weighted by Gasteiger charge is -2.39. The molecule has 0 radical (unpaired) electrons. The van der Waals surface area contributed by atoms with E-state index in [4.69, 9.17) is 9.15 Å². The van der Waals surface area contributed by atoms with Crippen LogP contribution in [0.3, 0.4) is 0 Å². The first kappa shape index (κ1) is 15.1. The van der Waals surface area contributed by atoms with E-state index in [1.54, 1.807) is 26.4 Å². The third kappa shape index (κ3) is 2.52. The van der Waals surface area contributed by atoms with Crippen LogP contribution in [0.2, 0.25) is 0 Å². The number of piperidine rings is 1. The van der Waals surface area contributed by atoms with E-state index in [2.05, 4.69) is 0 Å². The highest BCUT2D eigenvalue weighted by Gasteiger charge is 2.45. The number of furan rings is 1. The topological polar surface area (TPSA) is 63.0 Å².